The molecule has 4 N–H and O–H groups in total. The van der Waals surface area contributed by atoms with Crippen molar-refractivity contribution in [1.82, 2.24) is 0 Å². The van der Waals surface area contributed by atoms with Crippen LogP contribution in [0.15, 0.2) is 24.3 Å². The Kier molecular flexibility index (Phi) is 5.04. The molecule has 2 atom stereocenters. The molecule has 0 saturated heterocycles. The predicted molar refractivity (Wildman–Crippen MR) is 77.5 cm³/mol. The van der Waals surface area contributed by atoms with Crippen molar-refractivity contribution in [3.63, 3.8) is 0 Å². The predicted octanol–water partition coefficient (Wildman–Crippen LogP) is 3.64. The zero-order chi connectivity index (χ0) is 13.0. The van der Waals surface area contributed by atoms with Crippen molar-refractivity contribution < 1.29 is 0 Å². The van der Waals surface area contributed by atoms with Gasteiger partial charge < -0.3 is 11.5 Å². The van der Waals surface area contributed by atoms with E-state index < -0.39 is 0 Å². The van der Waals surface area contributed by atoms with Gasteiger partial charge in [0.25, 0.3) is 0 Å². The second-order valence-corrected chi connectivity index (χ2v) is 5.92. The molecule has 0 bridgehead atoms. The van der Waals surface area contributed by atoms with Crippen LogP contribution in [0, 0.1) is 5.92 Å². The Labute approximate surface area is 115 Å². The molecule has 1 saturated carbocycles. The molecule has 2 nitrogen and oxygen atoms in total. The Morgan fingerprint density at radius 3 is 2.28 bits per heavy atom. The SMILES string of the molecule is N[C@H](c1ccc(Cl)cc1)[C@@H](N)CC1CCCCC1. The zero-order valence-electron chi connectivity index (χ0n) is 10.8. The summed E-state index contributed by atoms with van der Waals surface area (Å²) in [7, 11) is 0. The molecule has 0 amide bonds. The highest BCUT2D eigenvalue weighted by molar-refractivity contribution is 6.30. The summed E-state index contributed by atoms with van der Waals surface area (Å²) in [4.78, 5) is 0. The van der Waals surface area contributed by atoms with Crippen LogP contribution >= 0.6 is 11.6 Å². The number of hydrogen-bond donors (Lipinski definition) is 2. The Balaban J connectivity index is 1.91. The molecule has 0 heterocycles. The van der Waals surface area contributed by atoms with Gasteiger partial charge in [0.2, 0.25) is 0 Å². The normalized spacial score (nSPS) is 20.6. The maximum atomic E-state index is 6.26. The first-order valence-electron chi connectivity index (χ1n) is 6.93. The van der Waals surface area contributed by atoms with Crippen LogP contribution in [0.3, 0.4) is 0 Å². The largest absolute Gasteiger partial charge is 0.326 e. The standard InChI is InChI=1S/C15H23ClN2/c16-13-8-6-12(7-9-13)15(18)14(17)10-11-4-2-1-3-5-11/h6-9,11,14-15H,1-5,10,17-18H2/t14-,15+/m0/s1. The summed E-state index contributed by atoms with van der Waals surface area (Å²) < 4.78 is 0. The lowest BCUT2D eigenvalue weighted by atomic mass is 9.83. The highest BCUT2D eigenvalue weighted by Gasteiger charge is 2.21. The molecule has 3 heteroatoms. The minimum atomic E-state index is -0.0795. The van der Waals surface area contributed by atoms with E-state index in [4.69, 9.17) is 23.1 Å². The quantitative estimate of drug-likeness (QED) is 0.874. The molecule has 1 aromatic carbocycles. The average Bonchev–Trinajstić information content (AvgIpc) is 2.40. The second kappa shape index (κ2) is 6.55. The zero-order valence-corrected chi connectivity index (χ0v) is 11.6. The smallest absolute Gasteiger partial charge is 0.0448 e. The van der Waals surface area contributed by atoms with Crippen molar-refractivity contribution in [2.24, 2.45) is 17.4 Å². The summed E-state index contributed by atoms with van der Waals surface area (Å²) in [5.41, 5.74) is 13.6. The summed E-state index contributed by atoms with van der Waals surface area (Å²) in [5.74, 6) is 0.770. The first kappa shape index (κ1) is 13.9. The summed E-state index contributed by atoms with van der Waals surface area (Å²) in [5, 5.41) is 0.742. The molecular formula is C15H23ClN2. The molecule has 0 aliphatic heterocycles. The van der Waals surface area contributed by atoms with Crippen LogP contribution in [-0.4, -0.2) is 6.04 Å². The van der Waals surface area contributed by atoms with E-state index >= 15 is 0 Å². The number of rotatable bonds is 4. The summed E-state index contributed by atoms with van der Waals surface area (Å²) >= 11 is 5.88. The topological polar surface area (TPSA) is 52.0 Å². The molecule has 1 aliphatic carbocycles. The highest BCUT2D eigenvalue weighted by Crippen LogP contribution is 2.29. The van der Waals surface area contributed by atoms with Gasteiger partial charge in [0.1, 0.15) is 0 Å². The van der Waals surface area contributed by atoms with Crippen molar-refractivity contribution >= 4 is 11.6 Å². The van der Waals surface area contributed by atoms with E-state index in [9.17, 15) is 0 Å². The van der Waals surface area contributed by atoms with E-state index in [1.54, 1.807) is 0 Å². The Morgan fingerprint density at radius 1 is 1.06 bits per heavy atom. The van der Waals surface area contributed by atoms with Crippen LogP contribution in [0.4, 0.5) is 0 Å². The molecule has 0 spiro atoms. The first-order chi connectivity index (χ1) is 8.66. The van der Waals surface area contributed by atoms with Crippen LogP contribution in [0.5, 0.6) is 0 Å². The number of benzene rings is 1. The molecule has 2 rings (SSSR count). The van der Waals surface area contributed by atoms with Gasteiger partial charge in [-0.05, 0) is 30.0 Å². The van der Waals surface area contributed by atoms with E-state index in [0.29, 0.717) is 0 Å². The first-order valence-corrected chi connectivity index (χ1v) is 7.31. The molecule has 1 aliphatic rings. The van der Waals surface area contributed by atoms with Gasteiger partial charge >= 0.3 is 0 Å². The molecule has 0 radical (unpaired) electrons. The van der Waals surface area contributed by atoms with Crippen molar-refractivity contribution in [2.45, 2.75) is 50.6 Å². The van der Waals surface area contributed by atoms with Gasteiger partial charge in [-0.25, -0.2) is 0 Å². The highest BCUT2D eigenvalue weighted by atomic mass is 35.5. The second-order valence-electron chi connectivity index (χ2n) is 5.48. The Morgan fingerprint density at radius 2 is 1.67 bits per heavy atom. The number of hydrogen-bond acceptors (Lipinski definition) is 2. The number of nitrogens with two attached hydrogens (primary N) is 2. The summed E-state index contributed by atoms with van der Waals surface area (Å²) in [6.07, 6.45) is 7.78. The lowest BCUT2D eigenvalue weighted by Gasteiger charge is -2.27. The molecule has 0 aromatic heterocycles. The van der Waals surface area contributed by atoms with Crippen LogP contribution in [0.1, 0.15) is 50.1 Å². The minimum absolute atomic E-state index is 0.0503. The molecule has 1 aromatic rings. The van der Waals surface area contributed by atoms with Gasteiger partial charge in [-0.1, -0.05) is 55.8 Å². The third-order valence-electron chi connectivity index (χ3n) is 4.05. The van der Waals surface area contributed by atoms with E-state index in [2.05, 4.69) is 0 Å². The van der Waals surface area contributed by atoms with E-state index in [1.165, 1.54) is 32.1 Å². The Hall–Kier alpha value is -0.570. The minimum Gasteiger partial charge on any atom is -0.326 e. The van der Waals surface area contributed by atoms with Gasteiger partial charge in [0.15, 0.2) is 0 Å². The van der Waals surface area contributed by atoms with E-state index in [1.807, 2.05) is 24.3 Å². The maximum absolute atomic E-state index is 6.26. The Bertz CT molecular complexity index is 357. The van der Waals surface area contributed by atoms with Gasteiger partial charge in [0, 0.05) is 17.1 Å². The van der Waals surface area contributed by atoms with Crippen molar-refractivity contribution in [3.8, 4) is 0 Å². The third-order valence-corrected chi connectivity index (χ3v) is 4.30. The number of halogens is 1. The molecular weight excluding hydrogens is 244 g/mol. The maximum Gasteiger partial charge on any atom is 0.0448 e. The monoisotopic (exact) mass is 266 g/mol. The fraction of sp³-hybridized carbons (Fsp3) is 0.600. The van der Waals surface area contributed by atoms with Crippen LogP contribution in [-0.2, 0) is 0 Å². The van der Waals surface area contributed by atoms with Crippen LogP contribution < -0.4 is 11.5 Å². The summed E-state index contributed by atoms with van der Waals surface area (Å²) in [6.45, 7) is 0. The molecule has 0 unspecified atom stereocenters. The van der Waals surface area contributed by atoms with Crippen molar-refractivity contribution in [2.75, 3.05) is 0 Å². The average molecular weight is 267 g/mol. The van der Waals surface area contributed by atoms with E-state index in [-0.39, 0.29) is 12.1 Å². The summed E-state index contributed by atoms with van der Waals surface area (Å²) in [6, 6.07) is 7.69. The van der Waals surface area contributed by atoms with Gasteiger partial charge in [-0.15, -0.1) is 0 Å². The fourth-order valence-electron chi connectivity index (χ4n) is 2.89. The van der Waals surface area contributed by atoms with Crippen LogP contribution in [0.2, 0.25) is 5.02 Å². The lowest BCUT2D eigenvalue weighted by molar-refractivity contribution is 0.303. The lowest BCUT2D eigenvalue weighted by Crippen LogP contribution is -2.36. The van der Waals surface area contributed by atoms with Gasteiger partial charge in [-0.2, -0.15) is 0 Å². The van der Waals surface area contributed by atoms with Gasteiger partial charge in [0.05, 0.1) is 0 Å². The van der Waals surface area contributed by atoms with Crippen LogP contribution in [0.25, 0.3) is 0 Å². The molecule has 1 fully saturated rings. The third kappa shape index (κ3) is 3.71. The molecule has 100 valence electrons. The molecule has 18 heavy (non-hydrogen) atoms. The van der Waals surface area contributed by atoms with Crippen molar-refractivity contribution in [3.05, 3.63) is 34.9 Å². The van der Waals surface area contributed by atoms with E-state index in [0.717, 1.165) is 22.9 Å². The fourth-order valence-corrected chi connectivity index (χ4v) is 3.01. The van der Waals surface area contributed by atoms with Gasteiger partial charge in [-0.3, -0.25) is 0 Å². The van der Waals surface area contributed by atoms with Crippen molar-refractivity contribution in [1.29, 1.82) is 0 Å².